The number of carbonyl (C=O) groups is 2. The number of hydrogen-bond acceptors (Lipinski definition) is 6. The van der Waals surface area contributed by atoms with Gasteiger partial charge in [0, 0.05) is 35.6 Å². The fraction of sp³-hybridized carbons (Fsp3) is 0.241. The van der Waals surface area contributed by atoms with Gasteiger partial charge in [0.15, 0.2) is 0 Å². The van der Waals surface area contributed by atoms with E-state index < -0.39 is 23.5 Å². The van der Waals surface area contributed by atoms with E-state index in [1.54, 1.807) is 24.3 Å². The van der Waals surface area contributed by atoms with Crippen molar-refractivity contribution in [3.63, 3.8) is 0 Å². The van der Waals surface area contributed by atoms with Gasteiger partial charge in [-0.2, -0.15) is 0 Å². The molecule has 1 amide bonds. The van der Waals surface area contributed by atoms with Gasteiger partial charge < -0.3 is 19.5 Å². The summed E-state index contributed by atoms with van der Waals surface area (Å²) in [5, 5.41) is 12.2. The molecule has 0 saturated carbocycles. The van der Waals surface area contributed by atoms with Crippen molar-refractivity contribution >= 4 is 52.0 Å². The van der Waals surface area contributed by atoms with Gasteiger partial charge in [-0.05, 0) is 61.9 Å². The van der Waals surface area contributed by atoms with Crippen LogP contribution in [0.2, 0.25) is 10.0 Å². The number of aliphatic hydroxyl groups excluding tert-OH is 1. The summed E-state index contributed by atoms with van der Waals surface area (Å²) in [7, 11) is 2.88. The molecule has 3 aromatic rings. The molecule has 4 rings (SSSR count). The Kier molecular flexibility index (Phi) is 8.19. The van der Waals surface area contributed by atoms with Crippen molar-refractivity contribution in [1.29, 1.82) is 0 Å². The Bertz CT molecular complexity index is 1380. The van der Waals surface area contributed by atoms with Crippen molar-refractivity contribution in [3.8, 4) is 11.5 Å². The van der Waals surface area contributed by atoms with Crippen LogP contribution in [0.15, 0.2) is 66.2 Å². The molecule has 1 unspecified atom stereocenters. The van der Waals surface area contributed by atoms with Gasteiger partial charge in [-0.15, -0.1) is 0 Å². The molecule has 1 fully saturated rings. The standard InChI is InChI=1S/C29H28Cl2N2O5/c1-5-32(6-2)19-11-7-17(8-12-19)26-25(27(34)21-15-22(31)24(38-4)16-23(21)37-3)28(35)29(36)33(26)20-13-9-18(30)10-14-20/h7-16,26,34H,5-6H2,1-4H3/b27-25+. The molecular weight excluding hydrogens is 527 g/mol. The summed E-state index contributed by atoms with van der Waals surface area (Å²) in [5.41, 5.74) is 2.20. The van der Waals surface area contributed by atoms with Crippen LogP contribution in [-0.4, -0.2) is 44.1 Å². The first-order chi connectivity index (χ1) is 18.2. The van der Waals surface area contributed by atoms with Crippen LogP contribution in [0.25, 0.3) is 5.76 Å². The number of methoxy groups -OCH3 is 2. The molecule has 1 aliphatic rings. The van der Waals surface area contributed by atoms with Gasteiger partial charge in [0.05, 0.1) is 36.4 Å². The van der Waals surface area contributed by atoms with Crippen molar-refractivity contribution in [2.45, 2.75) is 19.9 Å². The van der Waals surface area contributed by atoms with E-state index in [0.717, 1.165) is 18.8 Å². The Hall–Kier alpha value is -3.68. The number of nitrogens with zero attached hydrogens (tertiary/aromatic N) is 2. The first kappa shape index (κ1) is 27.4. The number of rotatable bonds is 8. The maximum Gasteiger partial charge on any atom is 0.300 e. The summed E-state index contributed by atoms with van der Waals surface area (Å²) in [5.74, 6) is -1.43. The van der Waals surface area contributed by atoms with Crippen LogP contribution in [-0.2, 0) is 9.59 Å². The lowest BCUT2D eigenvalue weighted by atomic mass is 9.94. The largest absolute Gasteiger partial charge is 0.507 e. The second-order valence-electron chi connectivity index (χ2n) is 8.60. The highest BCUT2D eigenvalue weighted by atomic mass is 35.5. The average Bonchev–Trinajstić information content (AvgIpc) is 3.19. The van der Waals surface area contributed by atoms with Crippen molar-refractivity contribution in [3.05, 3.63) is 87.4 Å². The number of ether oxygens (including phenoxy) is 2. The van der Waals surface area contributed by atoms with Crippen molar-refractivity contribution in [2.75, 3.05) is 37.1 Å². The molecule has 7 nitrogen and oxygen atoms in total. The quantitative estimate of drug-likeness (QED) is 0.195. The molecule has 198 valence electrons. The van der Waals surface area contributed by atoms with Crippen molar-refractivity contribution < 1.29 is 24.2 Å². The average molecular weight is 555 g/mol. The lowest BCUT2D eigenvalue weighted by Crippen LogP contribution is -2.29. The molecule has 38 heavy (non-hydrogen) atoms. The molecule has 0 bridgehead atoms. The van der Waals surface area contributed by atoms with Gasteiger partial charge >= 0.3 is 0 Å². The van der Waals surface area contributed by atoms with Crippen LogP contribution in [0.1, 0.15) is 31.0 Å². The third-order valence-electron chi connectivity index (χ3n) is 6.62. The summed E-state index contributed by atoms with van der Waals surface area (Å²) in [6.07, 6.45) is 0. The summed E-state index contributed by atoms with van der Waals surface area (Å²) in [6, 6.07) is 16.3. The highest BCUT2D eigenvalue weighted by molar-refractivity contribution is 6.51. The molecule has 1 saturated heterocycles. The number of anilines is 2. The predicted octanol–water partition coefficient (Wildman–Crippen LogP) is 6.48. The van der Waals surface area contributed by atoms with Gasteiger partial charge in [0.1, 0.15) is 17.3 Å². The highest BCUT2D eigenvalue weighted by Gasteiger charge is 2.47. The van der Waals surface area contributed by atoms with Gasteiger partial charge in [-0.1, -0.05) is 35.3 Å². The number of amides is 1. The number of aliphatic hydroxyl groups is 1. The monoisotopic (exact) mass is 554 g/mol. The SMILES string of the molecule is CCN(CC)c1ccc(C2/C(=C(\O)c3cc(Cl)c(OC)cc3OC)C(=O)C(=O)N2c2ccc(Cl)cc2)cc1. The van der Waals surface area contributed by atoms with E-state index in [-0.39, 0.29) is 21.9 Å². The normalized spacial score (nSPS) is 16.6. The number of ketones is 1. The minimum Gasteiger partial charge on any atom is -0.507 e. The Morgan fingerprint density at radius 2 is 1.53 bits per heavy atom. The lowest BCUT2D eigenvalue weighted by molar-refractivity contribution is -0.132. The van der Waals surface area contributed by atoms with Gasteiger partial charge in [-0.3, -0.25) is 14.5 Å². The molecule has 3 aromatic carbocycles. The minimum atomic E-state index is -0.910. The van der Waals surface area contributed by atoms with Crippen molar-refractivity contribution in [1.82, 2.24) is 0 Å². The van der Waals surface area contributed by atoms with E-state index in [4.69, 9.17) is 32.7 Å². The topological polar surface area (TPSA) is 79.3 Å². The van der Waals surface area contributed by atoms with Crippen molar-refractivity contribution in [2.24, 2.45) is 0 Å². The van der Waals surface area contributed by atoms with Crippen LogP contribution >= 0.6 is 23.2 Å². The number of halogens is 2. The molecule has 1 heterocycles. The number of Topliss-reactive ketones (excluding diaryl/α,β-unsaturated/α-hetero) is 1. The Labute approximate surface area is 231 Å². The number of benzene rings is 3. The highest BCUT2D eigenvalue weighted by Crippen LogP contribution is 2.45. The van der Waals surface area contributed by atoms with Crippen LogP contribution in [0.4, 0.5) is 11.4 Å². The first-order valence-corrected chi connectivity index (χ1v) is 12.8. The molecule has 0 radical (unpaired) electrons. The molecule has 1 atom stereocenters. The first-order valence-electron chi connectivity index (χ1n) is 12.1. The van der Waals surface area contributed by atoms with Crippen LogP contribution in [0, 0.1) is 0 Å². The van der Waals surface area contributed by atoms with Crippen LogP contribution in [0.3, 0.4) is 0 Å². The molecule has 0 aliphatic carbocycles. The van der Waals surface area contributed by atoms with E-state index in [2.05, 4.69) is 18.7 Å². The zero-order valence-electron chi connectivity index (χ0n) is 21.5. The Morgan fingerprint density at radius 1 is 0.921 bits per heavy atom. The number of hydrogen-bond donors (Lipinski definition) is 1. The zero-order valence-corrected chi connectivity index (χ0v) is 23.0. The van der Waals surface area contributed by atoms with Gasteiger partial charge in [-0.25, -0.2) is 0 Å². The van der Waals surface area contributed by atoms with E-state index in [9.17, 15) is 14.7 Å². The lowest BCUT2D eigenvalue weighted by Gasteiger charge is -2.27. The van der Waals surface area contributed by atoms with Gasteiger partial charge in [0.2, 0.25) is 0 Å². The molecule has 9 heteroatoms. The summed E-state index contributed by atoms with van der Waals surface area (Å²) in [6.45, 7) is 5.80. The summed E-state index contributed by atoms with van der Waals surface area (Å²) in [4.78, 5) is 30.5. The van der Waals surface area contributed by atoms with Crippen LogP contribution in [0.5, 0.6) is 11.5 Å². The zero-order chi connectivity index (χ0) is 27.6. The van der Waals surface area contributed by atoms with E-state index in [1.807, 2.05) is 24.3 Å². The minimum absolute atomic E-state index is 0.0833. The number of carbonyl (C=O) groups excluding carboxylic acids is 2. The third-order valence-corrected chi connectivity index (χ3v) is 7.16. The summed E-state index contributed by atoms with van der Waals surface area (Å²) >= 11 is 12.4. The molecule has 1 aliphatic heterocycles. The van der Waals surface area contributed by atoms with Gasteiger partial charge in [0.25, 0.3) is 11.7 Å². The maximum atomic E-state index is 13.5. The Morgan fingerprint density at radius 3 is 2.08 bits per heavy atom. The fourth-order valence-electron chi connectivity index (χ4n) is 4.66. The maximum absolute atomic E-state index is 13.5. The molecule has 1 N–H and O–H groups in total. The second-order valence-corrected chi connectivity index (χ2v) is 9.44. The third kappa shape index (κ3) is 4.91. The fourth-order valence-corrected chi connectivity index (χ4v) is 5.03. The summed E-state index contributed by atoms with van der Waals surface area (Å²) < 4.78 is 10.7. The second kappa shape index (κ2) is 11.4. The molecule has 0 aromatic heterocycles. The molecule has 0 spiro atoms. The van der Waals surface area contributed by atoms with Crippen LogP contribution < -0.4 is 19.3 Å². The smallest absolute Gasteiger partial charge is 0.300 e. The Balaban J connectivity index is 1.95. The van der Waals surface area contributed by atoms with E-state index in [0.29, 0.717) is 22.0 Å². The van der Waals surface area contributed by atoms with E-state index >= 15 is 0 Å². The van der Waals surface area contributed by atoms with E-state index in [1.165, 1.54) is 31.3 Å². The molecular formula is C29H28Cl2N2O5. The predicted molar refractivity (Wildman–Crippen MR) is 151 cm³/mol.